The van der Waals surface area contributed by atoms with Crippen LogP contribution in [0.25, 0.3) is 11.3 Å². The molecule has 1 fully saturated rings. The number of carbonyl (C=O) groups is 2. The summed E-state index contributed by atoms with van der Waals surface area (Å²) in [5.74, 6) is 1.54. The number of nitrogens with two attached hydrogens (primary N) is 1. The molecule has 0 bridgehead atoms. The molecule has 0 radical (unpaired) electrons. The van der Waals surface area contributed by atoms with Crippen LogP contribution in [0, 0.1) is 11.3 Å². The molecular weight excluding hydrogens is 430 g/mol. The van der Waals surface area contributed by atoms with E-state index in [9.17, 15) is 9.59 Å². The summed E-state index contributed by atoms with van der Waals surface area (Å²) < 4.78 is 5.92. The lowest BCUT2D eigenvalue weighted by Crippen LogP contribution is -2.48. The van der Waals surface area contributed by atoms with Gasteiger partial charge in [-0.1, -0.05) is 6.58 Å². The Labute approximate surface area is 198 Å². The van der Waals surface area contributed by atoms with Gasteiger partial charge in [0.05, 0.1) is 17.3 Å². The molecule has 0 unspecified atom stereocenters. The van der Waals surface area contributed by atoms with Gasteiger partial charge in [-0.05, 0) is 61.0 Å². The summed E-state index contributed by atoms with van der Waals surface area (Å²) >= 11 is 0. The van der Waals surface area contributed by atoms with Gasteiger partial charge in [0.25, 0.3) is 5.91 Å². The fourth-order valence-electron chi connectivity index (χ4n) is 3.96. The normalized spacial score (nSPS) is 15.6. The molecule has 1 aromatic carbocycles. The number of hydrogen-bond donors (Lipinski definition) is 1. The van der Waals surface area contributed by atoms with Gasteiger partial charge in [-0.2, -0.15) is 5.26 Å². The van der Waals surface area contributed by atoms with Crippen LogP contribution in [0.5, 0.6) is 5.75 Å². The minimum atomic E-state index is -0.553. The zero-order valence-electron chi connectivity index (χ0n) is 18.7. The molecule has 0 saturated carbocycles. The van der Waals surface area contributed by atoms with Gasteiger partial charge in [0.1, 0.15) is 17.3 Å². The highest BCUT2D eigenvalue weighted by molar-refractivity contribution is 5.99. The highest BCUT2D eigenvalue weighted by Gasteiger charge is 2.22. The number of aromatic nitrogens is 1. The molecule has 0 atom stereocenters. The van der Waals surface area contributed by atoms with Crippen molar-refractivity contribution in [2.24, 2.45) is 5.73 Å². The molecule has 2 amide bonds. The van der Waals surface area contributed by atoms with E-state index >= 15 is 0 Å². The van der Waals surface area contributed by atoms with Crippen LogP contribution in [0.4, 0.5) is 5.82 Å². The van der Waals surface area contributed by atoms with Crippen molar-refractivity contribution < 1.29 is 14.3 Å². The number of hydrogen-bond acceptors (Lipinski definition) is 6. The second-order valence-corrected chi connectivity index (χ2v) is 8.01. The van der Waals surface area contributed by atoms with Crippen molar-refractivity contribution in [3.05, 3.63) is 78.1 Å². The van der Waals surface area contributed by atoms with E-state index < -0.39 is 5.91 Å². The maximum absolute atomic E-state index is 12.1. The lowest BCUT2D eigenvalue weighted by atomic mass is 10.0. The fraction of sp³-hybridized carbons (Fsp3) is 0.231. The van der Waals surface area contributed by atoms with Gasteiger partial charge in [0, 0.05) is 43.7 Å². The van der Waals surface area contributed by atoms with E-state index in [-0.39, 0.29) is 5.91 Å². The molecular formula is C26H25N5O3. The van der Waals surface area contributed by atoms with E-state index in [1.165, 1.54) is 6.08 Å². The molecule has 2 aromatic rings. The molecule has 2 heterocycles. The molecule has 1 aliphatic carbocycles. The topological polar surface area (TPSA) is 113 Å². The van der Waals surface area contributed by atoms with Crippen molar-refractivity contribution in [1.29, 1.82) is 5.26 Å². The van der Waals surface area contributed by atoms with E-state index in [0.29, 0.717) is 56.0 Å². The van der Waals surface area contributed by atoms with Crippen LogP contribution in [0.15, 0.2) is 72.5 Å². The van der Waals surface area contributed by atoms with Crippen LogP contribution >= 0.6 is 0 Å². The number of amides is 2. The van der Waals surface area contributed by atoms with Crippen LogP contribution < -0.4 is 15.4 Å². The molecule has 1 aromatic heterocycles. The summed E-state index contributed by atoms with van der Waals surface area (Å²) in [4.78, 5) is 32.5. The molecule has 172 valence electrons. The Morgan fingerprint density at radius 1 is 1.06 bits per heavy atom. The van der Waals surface area contributed by atoms with Gasteiger partial charge in [-0.15, -0.1) is 0 Å². The van der Waals surface area contributed by atoms with Crippen molar-refractivity contribution in [3.63, 3.8) is 0 Å². The number of benzene rings is 1. The Morgan fingerprint density at radius 2 is 1.79 bits per heavy atom. The Balaban J connectivity index is 1.54. The Kier molecular flexibility index (Phi) is 6.74. The number of allylic oxidation sites excluding steroid dienone is 4. The third kappa shape index (κ3) is 4.99. The fourth-order valence-corrected chi connectivity index (χ4v) is 3.96. The number of anilines is 1. The second-order valence-electron chi connectivity index (χ2n) is 8.01. The van der Waals surface area contributed by atoms with Crippen LogP contribution in [0.2, 0.25) is 0 Å². The number of ether oxygens (including phenoxy) is 1. The maximum atomic E-state index is 12.1. The first-order valence-corrected chi connectivity index (χ1v) is 11.0. The molecule has 2 N–H and O–H groups in total. The molecule has 34 heavy (non-hydrogen) atoms. The Hall–Kier alpha value is -4.38. The Morgan fingerprint density at radius 3 is 2.38 bits per heavy atom. The highest BCUT2D eigenvalue weighted by atomic mass is 16.5. The van der Waals surface area contributed by atoms with Gasteiger partial charge in [-0.25, -0.2) is 4.98 Å². The molecule has 8 heteroatoms. The third-order valence-electron chi connectivity index (χ3n) is 5.87. The van der Waals surface area contributed by atoms with Gasteiger partial charge < -0.3 is 20.3 Å². The quantitative estimate of drug-likeness (QED) is 0.670. The number of nitrogens with zero attached hydrogens (tertiary/aromatic N) is 4. The summed E-state index contributed by atoms with van der Waals surface area (Å²) in [5, 5.41) is 8.96. The van der Waals surface area contributed by atoms with Gasteiger partial charge in [0.15, 0.2) is 0 Å². The maximum Gasteiger partial charge on any atom is 0.250 e. The predicted molar refractivity (Wildman–Crippen MR) is 129 cm³/mol. The summed E-state index contributed by atoms with van der Waals surface area (Å²) in [6, 6.07) is 13.0. The van der Waals surface area contributed by atoms with Crippen molar-refractivity contribution in [2.45, 2.75) is 12.8 Å². The SMILES string of the molecule is C=CC(=O)N1CCN(c2ccc(C(N)=O)c(-c3ccc(OC4=CC=C(C#N)CC4)cc3)n2)CC1. The number of nitriles is 1. The minimum absolute atomic E-state index is 0.0785. The number of rotatable bonds is 6. The largest absolute Gasteiger partial charge is 0.462 e. The standard InChI is InChI=1S/C26H25N5O3/c1-2-24(32)31-15-13-30(14-16-31)23-12-11-22(26(28)33)25(29-23)19-5-9-21(10-6-19)34-20-7-3-18(17-27)4-8-20/h2-3,5-7,9-12H,1,4,8,13-16H2,(H2,28,33). The van der Waals surface area contributed by atoms with Crippen LogP contribution in [0.1, 0.15) is 23.2 Å². The van der Waals surface area contributed by atoms with Crippen molar-refractivity contribution in [3.8, 4) is 23.1 Å². The molecule has 4 rings (SSSR count). The molecule has 1 aliphatic heterocycles. The van der Waals surface area contributed by atoms with E-state index in [1.54, 1.807) is 23.1 Å². The van der Waals surface area contributed by atoms with Crippen LogP contribution in [0.3, 0.4) is 0 Å². The van der Waals surface area contributed by atoms with Crippen LogP contribution in [-0.2, 0) is 4.79 Å². The molecule has 2 aliphatic rings. The highest BCUT2D eigenvalue weighted by Crippen LogP contribution is 2.29. The second kappa shape index (κ2) is 10.0. The van der Waals surface area contributed by atoms with E-state index in [4.69, 9.17) is 20.7 Å². The van der Waals surface area contributed by atoms with Crippen molar-refractivity contribution in [1.82, 2.24) is 9.88 Å². The zero-order chi connectivity index (χ0) is 24.1. The summed E-state index contributed by atoms with van der Waals surface area (Å²) in [5.41, 5.74) is 7.93. The van der Waals surface area contributed by atoms with Crippen molar-refractivity contribution in [2.75, 3.05) is 31.1 Å². The minimum Gasteiger partial charge on any atom is -0.462 e. The lowest BCUT2D eigenvalue weighted by Gasteiger charge is -2.35. The molecule has 1 saturated heterocycles. The lowest BCUT2D eigenvalue weighted by molar-refractivity contribution is -0.126. The Bertz CT molecular complexity index is 1220. The van der Waals surface area contributed by atoms with Crippen molar-refractivity contribution >= 4 is 17.6 Å². The number of pyridine rings is 1. The van der Waals surface area contributed by atoms with Gasteiger partial charge >= 0.3 is 0 Å². The van der Waals surface area contributed by atoms with Crippen LogP contribution in [-0.4, -0.2) is 47.9 Å². The summed E-state index contributed by atoms with van der Waals surface area (Å²) in [7, 11) is 0. The summed E-state index contributed by atoms with van der Waals surface area (Å²) in [6.07, 6.45) is 6.24. The zero-order valence-corrected chi connectivity index (χ0v) is 18.7. The third-order valence-corrected chi connectivity index (χ3v) is 5.87. The smallest absolute Gasteiger partial charge is 0.250 e. The van der Waals surface area contributed by atoms with E-state index in [1.807, 2.05) is 30.3 Å². The first-order valence-electron chi connectivity index (χ1n) is 11.0. The first kappa shape index (κ1) is 22.8. The average molecular weight is 456 g/mol. The predicted octanol–water partition coefficient (Wildman–Crippen LogP) is 3.19. The monoisotopic (exact) mass is 455 g/mol. The van der Waals surface area contributed by atoms with E-state index in [2.05, 4.69) is 17.5 Å². The summed E-state index contributed by atoms with van der Waals surface area (Å²) in [6.45, 7) is 5.96. The first-order chi connectivity index (χ1) is 16.5. The average Bonchev–Trinajstić information content (AvgIpc) is 2.89. The van der Waals surface area contributed by atoms with E-state index in [0.717, 1.165) is 22.7 Å². The molecule has 8 nitrogen and oxygen atoms in total. The molecule has 0 spiro atoms. The number of primary amides is 1. The van der Waals surface area contributed by atoms with Gasteiger partial charge in [-0.3, -0.25) is 9.59 Å². The van der Waals surface area contributed by atoms with Gasteiger partial charge in [0.2, 0.25) is 5.91 Å². The number of carbonyl (C=O) groups excluding carboxylic acids is 2. The number of piperazine rings is 1.